The normalized spacial score (nSPS) is 19.2. The Labute approximate surface area is 423 Å². The average Bonchev–Trinajstić information content (AvgIpc) is 3.99. The minimum Gasteiger partial charge on any atom is -0.396 e. The maximum absolute atomic E-state index is 13.9. The Kier molecular flexibility index (Phi) is 16.7. The first-order valence-corrected chi connectivity index (χ1v) is 24.4. The summed E-state index contributed by atoms with van der Waals surface area (Å²) in [5.41, 5.74) is 27.8. The van der Waals surface area contributed by atoms with Crippen molar-refractivity contribution in [1.82, 2.24) is 35.2 Å². The van der Waals surface area contributed by atoms with Gasteiger partial charge in [-0.3, -0.25) is 4.79 Å². The summed E-state index contributed by atoms with van der Waals surface area (Å²) in [6.45, 7) is 12.4. The number of aromatic amines is 2. The van der Waals surface area contributed by atoms with Crippen molar-refractivity contribution in [3.8, 4) is 22.5 Å². The topological polar surface area (TPSA) is 248 Å². The first-order valence-electron chi connectivity index (χ1n) is 24.4. The molecule has 0 saturated heterocycles. The molecule has 2 fully saturated rings. The number of fused-ring (bicyclic) bond motifs is 2. The lowest BCUT2D eigenvalue weighted by atomic mass is 9.80. The van der Waals surface area contributed by atoms with Crippen LogP contribution in [-0.4, -0.2) is 65.1 Å². The predicted octanol–water partition coefficient (Wildman–Crippen LogP) is 10.6. The van der Waals surface area contributed by atoms with Crippen molar-refractivity contribution in [2.45, 2.75) is 116 Å². The van der Waals surface area contributed by atoms with Gasteiger partial charge in [0.15, 0.2) is 0 Å². The summed E-state index contributed by atoms with van der Waals surface area (Å²) < 4.78 is 26.0. The second kappa shape index (κ2) is 23.0. The molecule has 17 heteroatoms. The van der Waals surface area contributed by atoms with Crippen LogP contribution < -0.4 is 33.2 Å². The molecule has 0 unspecified atom stereocenters. The van der Waals surface area contributed by atoms with Crippen molar-refractivity contribution in [2.75, 3.05) is 22.1 Å². The fourth-order valence-corrected chi connectivity index (χ4v) is 9.79. The van der Waals surface area contributed by atoms with Crippen molar-refractivity contribution in [1.29, 1.82) is 0 Å². The van der Waals surface area contributed by atoms with E-state index in [1.807, 2.05) is 38.6 Å². The molecule has 4 heterocycles. The van der Waals surface area contributed by atoms with Gasteiger partial charge in [-0.05, 0) is 145 Å². The van der Waals surface area contributed by atoms with Gasteiger partial charge in [0.1, 0.15) is 11.6 Å². The summed E-state index contributed by atoms with van der Waals surface area (Å²) in [6.07, 6.45) is 15.8. The number of H-pyrrole nitrogens is 2. The summed E-state index contributed by atoms with van der Waals surface area (Å²) in [7, 11) is 0. The standard InChI is InChI=1S/C28H31FN6O.C21H27N5.C6H6FN.CO2/c1-16-6-4-8-20-21(15-31-24(16)20)25-17(2)14-32-27(34-25)33-19-7-5-11-28(3,13-19)35-26(36)18-9-10-23(30)22(29)12-18;1-13-6-4-8-16-17(12-23-18(13)16)19-14(2)11-24-20(26-19)25-15-7-5-9-21(3,22)10-15;7-5-3-1-2-4-6(5)8;2-1-3/h4,6,8-10,12,14-15,19,31H,5,7,11,13,30H2,1-3H3,(H,35,36)(H,32,33,34);4,6,8,11-12,15,23H,5,7,9-10,22H2,1-3H3,(H,24,25,26);1-4H,8H2;/t19-,28+;15-,21+;;/m11../s1. The van der Waals surface area contributed by atoms with Gasteiger partial charge in [0.2, 0.25) is 11.9 Å². The van der Waals surface area contributed by atoms with Gasteiger partial charge >= 0.3 is 6.15 Å². The smallest absolute Gasteiger partial charge is 0.373 e. The highest BCUT2D eigenvalue weighted by molar-refractivity contribution is 5.98. The molecule has 1 amide bonds. The molecule has 2 saturated carbocycles. The summed E-state index contributed by atoms with van der Waals surface area (Å²) >= 11 is 0. The molecule has 15 nitrogen and oxygen atoms in total. The zero-order valence-electron chi connectivity index (χ0n) is 42.1. The Balaban J connectivity index is 0.000000183. The van der Waals surface area contributed by atoms with E-state index in [1.165, 1.54) is 46.3 Å². The van der Waals surface area contributed by atoms with Crippen LogP contribution in [0.3, 0.4) is 0 Å². The fraction of sp³-hybridized carbons (Fsp3) is 0.321. The summed E-state index contributed by atoms with van der Waals surface area (Å²) in [5.74, 6) is 0.0100. The summed E-state index contributed by atoms with van der Waals surface area (Å²) in [4.78, 5) is 54.6. The molecule has 2 aliphatic carbocycles. The van der Waals surface area contributed by atoms with E-state index in [-0.39, 0.29) is 46.4 Å². The quantitative estimate of drug-likeness (QED) is 0.0663. The van der Waals surface area contributed by atoms with E-state index in [9.17, 15) is 13.6 Å². The van der Waals surface area contributed by atoms with Gasteiger partial charge in [0.25, 0.3) is 5.91 Å². The van der Waals surface area contributed by atoms with Gasteiger partial charge in [-0.2, -0.15) is 9.59 Å². The molecule has 8 aromatic rings. The van der Waals surface area contributed by atoms with Crippen molar-refractivity contribution < 1.29 is 23.2 Å². The average molecular weight is 991 g/mol. The highest BCUT2D eigenvalue weighted by Gasteiger charge is 2.34. The van der Waals surface area contributed by atoms with Crippen molar-refractivity contribution in [3.05, 3.63) is 143 Å². The van der Waals surface area contributed by atoms with E-state index in [0.29, 0.717) is 24.4 Å². The number of carbonyl (C=O) groups is 1. The van der Waals surface area contributed by atoms with Crippen LogP contribution in [0.5, 0.6) is 0 Å². The van der Waals surface area contributed by atoms with Crippen LogP contribution in [0.2, 0.25) is 0 Å². The highest BCUT2D eigenvalue weighted by atomic mass is 19.1. The number of hydrogen-bond acceptors (Lipinski definition) is 12. The number of halogens is 2. The van der Waals surface area contributed by atoms with Crippen LogP contribution in [0.4, 0.5) is 32.1 Å². The SMILES string of the molecule is Cc1cnc(N[C@@H]2CCC[C@](C)(N)C2)nc1-c1c[nH]c2c(C)cccc12.Cc1cnc(N[C@@H]2CCC[C@](C)(NC(=O)c3ccc(N)c(F)c3)C2)nc1-c1c[nH]c2c(C)cccc12.Nc1ccccc1F.O=C=O. The molecule has 0 bridgehead atoms. The number of nitrogens with zero attached hydrogens (tertiary/aromatic N) is 4. The number of benzene rings is 4. The molecule has 0 spiro atoms. The molecule has 0 radical (unpaired) electrons. The van der Waals surface area contributed by atoms with Gasteiger partial charge in [-0.1, -0.05) is 48.5 Å². The molecule has 380 valence electrons. The lowest BCUT2D eigenvalue weighted by Gasteiger charge is -2.39. The van der Waals surface area contributed by atoms with Crippen molar-refractivity contribution >= 4 is 57.1 Å². The maximum Gasteiger partial charge on any atom is 0.373 e. The molecule has 4 atom stereocenters. The molecule has 10 rings (SSSR count). The van der Waals surface area contributed by atoms with Crippen LogP contribution in [-0.2, 0) is 9.59 Å². The number of rotatable bonds is 8. The molecule has 4 aromatic carbocycles. The first-order chi connectivity index (χ1) is 34.9. The monoisotopic (exact) mass is 991 g/mol. The summed E-state index contributed by atoms with van der Waals surface area (Å²) in [6, 6.07) is 23.3. The Hall–Kier alpha value is -8.01. The zero-order valence-corrected chi connectivity index (χ0v) is 42.1. The van der Waals surface area contributed by atoms with Crippen molar-refractivity contribution in [3.63, 3.8) is 0 Å². The van der Waals surface area contributed by atoms with Crippen LogP contribution in [0.15, 0.2) is 104 Å². The third-order valence-electron chi connectivity index (χ3n) is 13.5. The predicted molar refractivity (Wildman–Crippen MR) is 284 cm³/mol. The number of para-hydroxylation sites is 3. The molecule has 73 heavy (non-hydrogen) atoms. The summed E-state index contributed by atoms with van der Waals surface area (Å²) in [5, 5.41) is 12.5. The number of aryl methyl sites for hydroxylation is 4. The maximum atomic E-state index is 13.9. The molecular weight excluding hydrogens is 927 g/mol. The lowest BCUT2D eigenvalue weighted by molar-refractivity contribution is -0.191. The fourth-order valence-electron chi connectivity index (χ4n) is 9.79. The van der Waals surface area contributed by atoms with Gasteiger partial charge < -0.3 is 43.1 Å². The molecule has 2 aliphatic rings. The number of anilines is 4. The van der Waals surface area contributed by atoms with E-state index in [4.69, 9.17) is 36.8 Å². The number of nitrogens with two attached hydrogens (primary N) is 3. The molecular formula is C56H64F2N12O3. The number of hydrogen-bond donors (Lipinski definition) is 8. The minimum absolute atomic E-state index is 0.0277. The number of carbonyl (C=O) groups excluding carboxylic acids is 3. The van der Waals surface area contributed by atoms with Crippen LogP contribution >= 0.6 is 0 Å². The molecule has 0 aliphatic heterocycles. The zero-order chi connectivity index (χ0) is 52.5. The second-order valence-electron chi connectivity index (χ2n) is 19.7. The van der Waals surface area contributed by atoms with E-state index in [2.05, 4.69) is 100.0 Å². The Morgan fingerprint density at radius 1 is 0.671 bits per heavy atom. The number of nitrogen functional groups attached to an aromatic ring is 2. The van der Waals surface area contributed by atoms with E-state index < -0.39 is 11.4 Å². The van der Waals surface area contributed by atoms with Crippen LogP contribution in [0, 0.1) is 39.3 Å². The van der Waals surface area contributed by atoms with Gasteiger partial charge in [0, 0.05) is 86.4 Å². The number of amides is 1. The van der Waals surface area contributed by atoms with Gasteiger partial charge in [-0.15, -0.1) is 0 Å². The Morgan fingerprint density at radius 3 is 1.67 bits per heavy atom. The van der Waals surface area contributed by atoms with E-state index in [0.717, 1.165) is 89.5 Å². The van der Waals surface area contributed by atoms with E-state index in [1.54, 1.807) is 18.2 Å². The van der Waals surface area contributed by atoms with Crippen LogP contribution in [0.25, 0.3) is 44.3 Å². The van der Waals surface area contributed by atoms with E-state index >= 15 is 0 Å². The highest BCUT2D eigenvalue weighted by Crippen LogP contribution is 2.35. The minimum atomic E-state index is -0.589. The Morgan fingerprint density at radius 2 is 1.18 bits per heavy atom. The second-order valence-corrected chi connectivity index (χ2v) is 19.7. The van der Waals surface area contributed by atoms with Gasteiger partial charge in [0.05, 0.1) is 22.8 Å². The third-order valence-corrected chi connectivity index (χ3v) is 13.5. The molecule has 4 aromatic heterocycles. The van der Waals surface area contributed by atoms with Crippen molar-refractivity contribution in [2.24, 2.45) is 5.73 Å². The van der Waals surface area contributed by atoms with Crippen LogP contribution in [0.1, 0.15) is 97.8 Å². The first kappa shape index (κ1) is 52.8. The third kappa shape index (κ3) is 13.1. The lowest BCUT2D eigenvalue weighted by Crippen LogP contribution is -2.51. The number of aromatic nitrogens is 6. The molecule has 11 N–H and O–H groups in total. The largest absolute Gasteiger partial charge is 0.396 e. The van der Waals surface area contributed by atoms with Gasteiger partial charge in [-0.25, -0.2) is 28.7 Å². The Bertz CT molecular complexity index is 3240. The number of nitrogens with one attached hydrogen (secondary N) is 5.